The monoisotopic (exact) mass is 691 g/mol. The second-order valence-corrected chi connectivity index (χ2v) is 13.8. The number of nitrogens with two attached hydrogens (primary N) is 2. The molecule has 10 N–H and O–H groups in total. The maximum absolute atomic E-state index is 15.2. The van der Waals surface area contributed by atoms with Crippen molar-refractivity contribution in [2.24, 2.45) is 11.6 Å². The first kappa shape index (κ1) is 35.5. The summed E-state index contributed by atoms with van der Waals surface area (Å²) in [6.07, 6.45) is -1.30. The molecule has 0 saturated carbocycles. The molecule has 1 saturated heterocycles. The Morgan fingerprint density at radius 2 is 1.83 bits per heavy atom. The predicted octanol–water partition coefficient (Wildman–Crippen LogP) is 2.74. The van der Waals surface area contributed by atoms with Crippen molar-refractivity contribution in [2.75, 3.05) is 24.5 Å². The number of ether oxygens (including phenoxy) is 2. The Hall–Kier alpha value is -4.40. The highest BCUT2D eigenvalue weighted by Gasteiger charge is 2.45. The second kappa shape index (κ2) is 15.9. The molecule has 0 aliphatic carbocycles. The van der Waals surface area contributed by atoms with Crippen molar-refractivity contribution in [3.05, 3.63) is 95.6 Å². The van der Waals surface area contributed by atoms with Crippen LogP contribution in [-0.4, -0.2) is 58.0 Å². The normalized spacial score (nSPS) is 16.0. The molecule has 1 fully saturated rings. The van der Waals surface area contributed by atoms with Crippen LogP contribution in [0.3, 0.4) is 0 Å². The van der Waals surface area contributed by atoms with E-state index in [4.69, 9.17) is 21.1 Å². The first-order valence-corrected chi connectivity index (χ1v) is 17.0. The zero-order valence-electron chi connectivity index (χ0n) is 24.8. The molecule has 3 aromatic rings. The van der Waals surface area contributed by atoms with Crippen molar-refractivity contribution in [2.45, 2.75) is 24.5 Å². The number of cyclic esters (lactones) is 1. The summed E-state index contributed by atoms with van der Waals surface area (Å²) >= 11 is 0. The van der Waals surface area contributed by atoms with Crippen LogP contribution in [0.25, 0.3) is 11.1 Å². The minimum Gasteiger partial charge on any atom is -0.442 e. The van der Waals surface area contributed by atoms with Gasteiger partial charge in [-0.3, -0.25) is 15.3 Å². The van der Waals surface area contributed by atoms with Crippen LogP contribution in [0.5, 0.6) is 5.75 Å². The van der Waals surface area contributed by atoms with Crippen LogP contribution in [0.4, 0.5) is 19.7 Å². The fourth-order valence-electron chi connectivity index (χ4n) is 4.62. The van der Waals surface area contributed by atoms with Gasteiger partial charge in [0, 0.05) is 31.3 Å². The van der Waals surface area contributed by atoms with Crippen molar-refractivity contribution in [1.29, 1.82) is 0 Å². The summed E-state index contributed by atoms with van der Waals surface area (Å²) in [5.41, 5.74) is 11.2. The van der Waals surface area contributed by atoms with Gasteiger partial charge in [-0.25, -0.2) is 14.0 Å². The molecule has 1 heterocycles. The molecule has 0 spiro atoms. The molecule has 0 radical (unpaired) electrons. The van der Waals surface area contributed by atoms with Gasteiger partial charge in [0.1, 0.15) is 17.7 Å². The van der Waals surface area contributed by atoms with E-state index < -0.39 is 45.1 Å². The average molecular weight is 692 g/mol. The second-order valence-electron chi connectivity index (χ2n) is 10.4. The fourth-order valence-corrected chi connectivity index (χ4v) is 6.46. The topological polar surface area (TPSA) is 239 Å². The highest BCUT2D eigenvalue weighted by atomic mass is 31.2. The van der Waals surface area contributed by atoms with E-state index in [0.717, 1.165) is 5.56 Å². The van der Waals surface area contributed by atoms with E-state index in [0.29, 0.717) is 35.5 Å². The number of hydrazine groups is 1. The van der Waals surface area contributed by atoms with Gasteiger partial charge in [0.15, 0.2) is 0 Å². The number of halogens is 1. The lowest BCUT2D eigenvalue weighted by atomic mass is 10.0. The van der Waals surface area contributed by atoms with E-state index in [9.17, 15) is 33.4 Å². The Bertz CT molecular complexity index is 1670. The van der Waals surface area contributed by atoms with Crippen molar-refractivity contribution in [3.8, 4) is 16.9 Å². The minimum atomic E-state index is -4.80. The maximum Gasteiger partial charge on any atom is 0.522 e. The summed E-state index contributed by atoms with van der Waals surface area (Å²) in [5.74, 6) is 4.91. The van der Waals surface area contributed by atoms with Gasteiger partial charge >= 0.3 is 27.8 Å². The van der Waals surface area contributed by atoms with Gasteiger partial charge in [-0.05, 0) is 51.6 Å². The third kappa shape index (κ3) is 9.80. The number of nitrogens with one attached hydrogen (secondary N) is 3. The van der Waals surface area contributed by atoms with Crippen molar-refractivity contribution in [1.82, 2.24) is 16.1 Å². The molecular weight excluding hydrogens is 657 g/mol. The number of carbonyl (C=O) groups is 2. The van der Waals surface area contributed by atoms with Crippen molar-refractivity contribution < 1.29 is 47.3 Å². The van der Waals surface area contributed by atoms with Crippen LogP contribution in [0.1, 0.15) is 11.1 Å². The van der Waals surface area contributed by atoms with E-state index in [-0.39, 0.29) is 30.9 Å². The van der Waals surface area contributed by atoms with Gasteiger partial charge in [0.25, 0.3) is 5.40 Å². The number of hydrogen-bond acceptors (Lipinski definition) is 10. The molecule has 18 heteroatoms. The Morgan fingerprint density at radius 3 is 2.43 bits per heavy atom. The minimum absolute atomic E-state index is 0.0445. The first-order valence-electron chi connectivity index (χ1n) is 14.1. The fraction of sp³-hybridized carbons (Fsp3) is 0.241. The van der Waals surface area contributed by atoms with E-state index in [1.807, 2.05) is 12.1 Å². The Kier molecular flexibility index (Phi) is 12.0. The zero-order valence-corrected chi connectivity index (χ0v) is 26.6. The van der Waals surface area contributed by atoms with Crippen LogP contribution in [-0.2, 0) is 26.8 Å². The summed E-state index contributed by atoms with van der Waals surface area (Å²) in [5, 5.41) is 3.91. The largest absolute Gasteiger partial charge is 0.522 e. The van der Waals surface area contributed by atoms with Crippen molar-refractivity contribution in [3.63, 3.8) is 0 Å². The third-order valence-corrected chi connectivity index (χ3v) is 10.3. The number of amides is 2. The Morgan fingerprint density at radius 1 is 1.15 bits per heavy atom. The first-order chi connectivity index (χ1) is 22.4. The van der Waals surface area contributed by atoms with Gasteiger partial charge in [0.05, 0.1) is 24.5 Å². The SMILES string of the molecule is N/C=C(/CNCc1ccc(-c2ccc(N3C[C@H](CNC(=O)Oc4ccc(CC([P+](=O)O)P(=O)(O)O)cc4)OC3=O)cc2F)cc1)NN. The van der Waals surface area contributed by atoms with Gasteiger partial charge in [-0.15, -0.1) is 0 Å². The molecule has 0 bridgehead atoms. The molecule has 15 nitrogen and oxygen atoms in total. The number of anilines is 1. The van der Waals surface area contributed by atoms with E-state index in [2.05, 4.69) is 16.1 Å². The summed E-state index contributed by atoms with van der Waals surface area (Å²) in [6, 6.07) is 17.2. The van der Waals surface area contributed by atoms with E-state index in [1.165, 1.54) is 41.4 Å². The highest BCUT2D eigenvalue weighted by molar-refractivity contribution is 7.65. The molecule has 250 valence electrons. The quantitative estimate of drug-likeness (QED) is 0.0690. The number of benzene rings is 3. The molecular formula is C29H34FN6O9P2+. The number of carbonyl (C=O) groups excluding carboxylic acids is 2. The smallest absolute Gasteiger partial charge is 0.442 e. The Labute approximate surface area is 269 Å². The van der Waals surface area contributed by atoms with Crippen LogP contribution in [0.15, 0.2) is 78.6 Å². The molecule has 4 rings (SSSR count). The molecule has 1 aliphatic rings. The lowest BCUT2D eigenvalue weighted by Gasteiger charge is -2.15. The number of hydrogen-bond donors (Lipinski definition) is 8. The molecule has 47 heavy (non-hydrogen) atoms. The summed E-state index contributed by atoms with van der Waals surface area (Å²) in [6.45, 7) is 0.941. The standard InChI is InChI=1S/C29H33FN6O9P2/c30-26-12-22(7-10-25(26)20-5-1-19(2-6-20)14-33-15-21(13-31)35-32)36-17-24(45-29(36)38)16-34-28(37)44-23-8-3-18(4-9-23)11-27(46(39)40)47(41,42)43/h1-10,12-13,24,27,33,35H,11,14-17,31-32H2,(H3-,34,37,39,40,41,42,43)/p+1/b21-13-/t24-,27?/m0/s1. The molecule has 2 unspecified atom stereocenters. The van der Waals surface area contributed by atoms with Crippen molar-refractivity contribution >= 4 is 33.5 Å². The molecule has 2 amide bonds. The van der Waals surface area contributed by atoms with Gasteiger partial charge < -0.3 is 41.1 Å². The highest BCUT2D eigenvalue weighted by Crippen LogP contribution is 2.53. The van der Waals surface area contributed by atoms with Crippen LogP contribution < -0.4 is 37.3 Å². The summed E-state index contributed by atoms with van der Waals surface area (Å²) in [7, 11) is -7.93. The molecule has 3 atom stereocenters. The van der Waals surface area contributed by atoms with Gasteiger partial charge in [0.2, 0.25) is 0 Å². The average Bonchev–Trinajstić information content (AvgIpc) is 3.41. The predicted molar refractivity (Wildman–Crippen MR) is 171 cm³/mol. The van der Waals surface area contributed by atoms with E-state index in [1.54, 1.807) is 24.3 Å². The number of rotatable bonds is 14. The Balaban J connectivity index is 1.27. The summed E-state index contributed by atoms with van der Waals surface area (Å²) < 4.78 is 48.4. The summed E-state index contributed by atoms with van der Waals surface area (Å²) in [4.78, 5) is 53.9. The molecule has 0 aromatic heterocycles. The van der Waals surface area contributed by atoms with E-state index >= 15 is 4.39 Å². The van der Waals surface area contributed by atoms with Crippen LogP contribution in [0, 0.1) is 5.82 Å². The lowest BCUT2D eigenvalue weighted by molar-refractivity contribution is 0.137. The van der Waals surface area contributed by atoms with Crippen LogP contribution >= 0.6 is 15.6 Å². The third-order valence-electron chi connectivity index (χ3n) is 7.10. The number of nitrogens with zero attached hydrogens (tertiary/aromatic N) is 1. The molecule has 1 aliphatic heterocycles. The van der Waals surface area contributed by atoms with Gasteiger partial charge in [-0.2, -0.15) is 4.89 Å². The van der Waals surface area contributed by atoms with Gasteiger partial charge in [-0.1, -0.05) is 36.4 Å². The molecule has 3 aromatic carbocycles. The van der Waals surface area contributed by atoms with Crippen LogP contribution in [0.2, 0.25) is 0 Å². The lowest BCUT2D eigenvalue weighted by Crippen LogP contribution is -2.36. The maximum atomic E-state index is 15.2. The zero-order chi connectivity index (χ0) is 34.1.